The molecule has 0 spiro atoms. The number of pyridine rings is 1. The first-order valence-electron chi connectivity index (χ1n) is 2.77. The van der Waals surface area contributed by atoms with E-state index in [9.17, 15) is 4.79 Å². The first-order valence-corrected chi connectivity index (χ1v) is 3.62. The van der Waals surface area contributed by atoms with E-state index < -0.39 is 5.97 Å². The molecule has 0 atom stereocenters. The van der Waals surface area contributed by atoms with Gasteiger partial charge in [0, 0.05) is 0 Å². The number of carboxylic acid groups (broad SMARTS) is 1. The predicted molar refractivity (Wildman–Crippen MR) is 45.8 cm³/mol. The molecule has 58 valence electrons. The fourth-order valence-corrected chi connectivity index (χ4v) is 1.17. The summed E-state index contributed by atoms with van der Waals surface area (Å²) < 4.78 is 0.472. The van der Waals surface area contributed by atoms with E-state index in [0.29, 0.717) is 4.64 Å². The molecule has 0 bridgehead atoms. The maximum atomic E-state index is 10.4. The van der Waals surface area contributed by atoms with Gasteiger partial charge in [0.1, 0.15) is 4.64 Å². The van der Waals surface area contributed by atoms with Crippen LogP contribution in [0.4, 0.5) is 0 Å². The quantitative estimate of drug-likeness (QED) is 0.463. The van der Waals surface area contributed by atoms with Crippen molar-refractivity contribution in [2.24, 2.45) is 0 Å². The third-order valence-corrected chi connectivity index (χ3v) is 1.72. The van der Waals surface area contributed by atoms with Crippen molar-refractivity contribution in [3.05, 3.63) is 22.3 Å². The number of aromatic amines is 1. The van der Waals surface area contributed by atoms with Crippen molar-refractivity contribution in [3.63, 3.8) is 0 Å². The van der Waals surface area contributed by atoms with Gasteiger partial charge in [0.15, 0.2) is 0 Å². The van der Waals surface area contributed by atoms with Crippen molar-refractivity contribution < 1.29 is 9.90 Å². The molecule has 0 aliphatic rings. The molecule has 0 fully saturated rings. The molecule has 0 unspecified atom stereocenters. The fraction of sp³-hybridized carbons (Fsp3) is 0. The van der Waals surface area contributed by atoms with Gasteiger partial charge >= 0.3 is 5.97 Å². The first kappa shape index (κ1) is 8.29. The van der Waals surface area contributed by atoms with Gasteiger partial charge < -0.3 is 10.1 Å². The zero-order valence-corrected chi connectivity index (χ0v) is 7.08. The van der Waals surface area contributed by atoms with E-state index in [1.165, 1.54) is 12.1 Å². The molecule has 1 aromatic rings. The van der Waals surface area contributed by atoms with Crippen LogP contribution >= 0.6 is 24.8 Å². The van der Waals surface area contributed by atoms with Gasteiger partial charge in [-0.3, -0.25) is 0 Å². The third-order valence-electron chi connectivity index (χ3n) is 1.13. The molecule has 3 nitrogen and oxygen atoms in total. The summed E-state index contributed by atoms with van der Waals surface area (Å²) in [5.41, 5.74) is 0.127. The summed E-state index contributed by atoms with van der Waals surface area (Å²) in [6, 6.07) is 2.93. The van der Waals surface area contributed by atoms with Gasteiger partial charge in [-0.25, -0.2) is 4.79 Å². The summed E-state index contributed by atoms with van der Waals surface area (Å²) in [7, 11) is 0. The second-order valence-corrected chi connectivity index (χ2v) is 2.78. The number of carbonyl (C=O) groups is 1. The highest BCUT2D eigenvalue weighted by atomic mass is 32.1. The van der Waals surface area contributed by atoms with Crippen molar-refractivity contribution in [1.82, 2.24) is 4.98 Å². The molecule has 2 N–H and O–H groups in total. The summed E-state index contributed by atoms with van der Waals surface area (Å²) in [6.45, 7) is 0. The van der Waals surface area contributed by atoms with Gasteiger partial charge in [0.05, 0.1) is 10.6 Å². The maximum Gasteiger partial charge on any atom is 0.338 e. The Morgan fingerprint density at radius 2 is 2.27 bits per heavy atom. The summed E-state index contributed by atoms with van der Waals surface area (Å²) in [5, 5.41) is 8.84. The molecule has 0 amide bonds. The second kappa shape index (κ2) is 3.06. The molecule has 0 saturated carbocycles. The molecule has 1 rings (SSSR count). The highest BCUT2D eigenvalue weighted by molar-refractivity contribution is 7.80. The van der Waals surface area contributed by atoms with Crippen LogP contribution in [0.1, 0.15) is 10.4 Å². The lowest BCUT2D eigenvalue weighted by Crippen LogP contribution is -1.98. The SMILES string of the molecule is O=C(O)c1ccc(=S)[nH]c1S. The van der Waals surface area contributed by atoms with Gasteiger partial charge in [-0.2, -0.15) is 0 Å². The van der Waals surface area contributed by atoms with Gasteiger partial charge in [0.2, 0.25) is 0 Å². The van der Waals surface area contributed by atoms with Crippen LogP contribution in [0, 0.1) is 4.64 Å². The molecular formula is C6H5NO2S2. The Labute approximate surface area is 73.5 Å². The lowest BCUT2D eigenvalue weighted by atomic mass is 10.3. The molecule has 0 aromatic carbocycles. The number of hydrogen-bond donors (Lipinski definition) is 3. The standard InChI is InChI=1S/C6H5NO2S2/c8-6(9)3-1-2-4(10)7-5(3)11/h1-2H,(H,8,9)(H2,7,10,11). The van der Waals surface area contributed by atoms with E-state index in [0.717, 1.165) is 0 Å². The number of nitrogens with one attached hydrogen (secondary N) is 1. The van der Waals surface area contributed by atoms with Crippen molar-refractivity contribution >= 4 is 30.8 Å². The molecule has 0 aliphatic carbocycles. The minimum atomic E-state index is -1.01. The van der Waals surface area contributed by atoms with Crippen molar-refractivity contribution in [2.45, 2.75) is 5.03 Å². The van der Waals surface area contributed by atoms with Crippen LogP contribution in [0.2, 0.25) is 0 Å². The Morgan fingerprint density at radius 1 is 1.64 bits per heavy atom. The van der Waals surface area contributed by atoms with Crippen molar-refractivity contribution in [1.29, 1.82) is 0 Å². The van der Waals surface area contributed by atoms with Crippen LogP contribution in [0.5, 0.6) is 0 Å². The molecule has 1 aromatic heterocycles. The first-order chi connectivity index (χ1) is 5.11. The fourth-order valence-electron chi connectivity index (χ4n) is 0.636. The third kappa shape index (κ3) is 1.81. The summed E-state index contributed by atoms with van der Waals surface area (Å²) in [4.78, 5) is 13.0. The van der Waals surface area contributed by atoms with E-state index in [1.807, 2.05) is 0 Å². The van der Waals surface area contributed by atoms with E-state index in [-0.39, 0.29) is 10.6 Å². The number of H-pyrrole nitrogens is 1. The Bertz CT molecular complexity index is 345. The van der Waals surface area contributed by atoms with Gasteiger partial charge in [-0.15, -0.1) is 12.6 Å². The van der Waals surface area contributed by atoms with Crippen LogP contribution in [0.25, 0.3) is 0 Å². The molecule has 1 heterocycles. The Kier molecular flexibility index (Phi) is 2.31. The highest BCUT2D eigenvalue weighted by Gasteiger charge is 2.05. The van der Waals surface area contributed by atoms with E-state index in [4.69, 9.17) is 17.3 Å². The number of aromatic nitrogens is 1. The van der Waals surface area contributed by atoms with Gasteiger partial charge in [-0.05, 0) is 12.1 Å². The number of thiol groups is 1. The topological polar surface area (TPSA) is 53.1 Å². The smallest absolute Gasteiger partial charge is 0.338 e. The molecule has 0 saturated heterocycles. The predicted octanol–water partition coefficient (Wildman–Crippen LogP) is 1.73. The second-order valence-electron chi connectivity index (χ2n) is 1.89. The van der Waals surface area contributed by atoms with Crippen LogP contribution in [-0.2, 0) is 0 Å². The molecular weight excluding hydrogens is 182 g/mol. The number of carboxylic acids is 1. The zero-order valence-electron chi connectivity index (χ0n) is 5.37. The lowest BCUT2D eigenvalue weighted by molar-refractivity contribution is 0.0692. The molecule has 0 radical (unpaired) electrons. The summed E-state index contributed by atoms with van der Waals surface area (Å²) in [5.74, 6) is -1.01. The molecule has 5 heteroatoms. The minimum Gasteiger partial charge on any atom is -0.478 e. The largest absolute Gasteiger partial charge is 0.478 e. The number of rotatable bonds is 1. The summed E-state index contributed by atoms with van der Waals surface area (Å²) >= 11 is 8.65. The normalized spacial score (nSPS) is 9.55. The van der Waals surface area contributed by atoms with Crippen molar-refractivity contribution in [3.8, 4) is 0 Å². The number of aromatic carboxylic acids is 1. The van der Waals surface area contributed by atoms with Crippen LogP contribution in [-0.4, -0.2) is 16.1 Å². The number of hydrogen-bond acceptors (Lipinski definition) is 3. The maximum absolute atomic E-state index is 10.4. The lowest BCUT2D eigenvalue weighted by Gasteiger charge is -1.96. The van der Waals surface area contributed by atoms with Crippen LogP contribution in [0.3, 0.4) is 0 Å². The minimum absolute atomic E-state index is 0.127. The highest BCUT2D eigenvalue weighted by Crippen LogP contribution is 2.09. The van der Waals surface area contributed by atoms with Crippen LogP contribution < -0.4 is 0 Å². The average Bonchev–Trinajstić information content (AvgIpc) is 1.85. The Hall–Kier alpha value is -0.810. The van der Waals surface area contributed by atoms with Gasteiger partial charge in [0.25, 0.3) is 0 Å². The monoisotopic (exact) mass is 187 g/mol. The molecule has 0 aliphatic heterocycles. The van der Waals surface area contributed by atoms with E-state index >= 15 is 0 Å². The molecule has 11 heavy (non-hydrogen) atoms. The average molecular weight is 187 g/mol. The summed E-state index contributed by atoms with van der Waals surface area (Å²) in [6.07, 6.45) is 0. The van der Waals surface area contributed by atoms with Crippen LogP contribution in [0.15, 0.2) is 17.2 Å². The van der Waals surface area contributed by atoms with Gasteiger partial charge in [-0.1, -0.05) is 12.2 Å². The van der Waals surface area contributed by atoms with E-state index in [1.54, 1.807) is 0 Å². The zero-order chi connectivity index (χ0) is 8.43. The van der Waals surface area contributed by atoms with Crippen molar-refractivity contribution in [2.75, 3.05) is 0 Å². The Balaban J connectivity index is 3.31. The Morgan fingerprint density at radius 3 is 2.73 bits per heavy atom. The van der Waals surface area contributed by atoms with E-state index in [2.05, 4.69) is 17.6 Å².